The normalized spacial score (nSPS) is 12.7. The first kappa shape index (κ1) is 16.2. The first-order valence-electron chi connectivity index (χ1n) is 7.65. The van der Waals surface area contributed by atoms with E-state index in [9.17, 15) is 9.90 Å². The third kappa shape index (κ3) is 3.20. The molecular weight excluding hydrogens is 274 g/mol. The number of nitrogens with one attached hydrogen (secondary N) is 1. The van der Waals surface area contributed by atoms with Gasteiger partial charge in [-0.1, -0.05) is 67.6 Å². The molecule has 0 heterocycles. The topological polar surface area (TPSA) is 49.3 Å². The zero-order chi connectivity index (χ0) is 16.0. The molecule has 1 atom stereocenters. The van der Waals surface area contributed by atoms with Crippen LogP contribution in [-0.2, 0) is 10.2 Å². The van der Waals surface area contributed by atoms with Gasteiger partial charge in [0.1, 0.15) is 0 Å². The van der Waals surface area contributed by atoms with E-state index in [0.717, 1.165) is 11.1 Å². The molecule has 1 unspecified atom stereocenters. The van der Waals surface area contributed by atoms with E-state index in [4.69, 9.17) is 0 Å². The van der Waals surface area contributed by atoms with Gasteiger partial charge in [0.25, 0.3) is 0 Å². The lowest BCUT2D eigenvalue weighted by Crippen LogP contribution is -2.48. The molecule has 2 rings (SSSR count). The van der Waals surface area contributed by atoms with E-state index < -0.39 is 5.41 Å². The van der Waals surface area contributed by atoms with Crippen molar-refractivity contribution in [2.24, 2.45) is 0 Å². The van der Waals surface area contributed by atoms with Crippen LogP contribution >= 0.6 is 0 Å². The zero-order valence-corrected chi connectivity index (χ0v) is 13.1. The summed E-state index contributed by atoms with van der Waals surface area (Å²) in [6.07, 6.45) is 0.696. The minimum atomic E-state index is -0.787. The molecule has 2 aromatic rings. The standard InChI is InChI=1S/C19H23NO2/c1-3-17(14-21)20-18(22)19(2,15-10-6-4-7-11-15)16-12-8-5-9-13-16/h4-13,17,21H,3,14H2,1-2H3,(H,20,22). The lowest BCUT2D eigenvalue weighted by Gasteiger charge is -2.31. The van der Waals surface area contributed by atoms with Crippen molar-refractivity contribution in [1.82, 2.24) is 5.32 Å². The number of hydrogen-bond acceptors (Lipinski definition) is 2. The minimum Gasteiger partial charge on any atom is -0.394 e. The second-order valence-corrected chi connectivity index (χ2v) is 5.62. The van der Waals surface area contributed by atoms with Gasteiger partial charge in [-0.3, -0.25) is 4.79 Å². The maximum absolute atomic E-state index is 13.0. The highest BCUT2D eigenvalue weighted by Gasteiger charge is 2.37. The quantitative estimate of drug-likeness (QED) is 0.861. The molecule has 0 aromatic heterocycles. The Bertz CT molecular complexity index is 552. The van der Waals surface area contributed by atoms with E-state index in [1.165, 1.54) is 0 Å². The predicted molar refractivity (Wildman–Crippen MR) is 88.6 cm³/mol. The van der Waals surface area contributed by atoms with Crippen LogP contribution in [0.4, 0.5) is 0 Å². The number of rotatable bonds is 6. The van der Waals surface area contributed by atoms with E-state index in [-0.39, 0.29) is 18.6 Å². The summed E-state index contributed by atoms with van der Waals surface area (Å²) in [6.45, 7) is 3.82. The van der Waals surface area contributed by atoms with Crippen molar-refractivity contribution in [1.29, 1.82) is 0 Å². The smallest absolute Gasteiger partial charge is 0.235 e. The Hall–Kier alpha value is -2.13. The van der Waals surface area contributed by atoms with Gasteiger partial charge in [-0.05, 0) is 24.5 Å². The van der Waals surface area contributed by atoms with E-state index in [1.54, 1.807) is 0 Å². The van der Waals surface area contributed by atoms with E-state index in [2.05, 4.69) is 5.32 Å². The van der Waals surface area contributed by atoms with Crippen molar-refractivity contribution in [2.45, 2.75) is 31.7 Å². The largest absolute Gasteiger partial charge is 0.394 e. The van der Waals surface area contributed by atoms with Crippen LogP contribution in [-0.4, -0.2) is 23.7 Å². The third-order valence-corrected chi connectivity index (χ3v) is 4.20. The highest BCUT2D eigenvalue weighted by atomic mass is 16.3. The number of carbonyl (C=O) groups excluding carboxylic acids is 1. The van der Waals surface area contributed by atoms with Crippen molar-refractivity contribution < 1.29 is 9.90 Å². The summed E-state index contributed by atoms with van der Waals surface area (Å²) in [4.78, 5) is 13.0. The Kier molecular flexibility index (Phi) is 5.34. The Balaban J connectivity index is 2.45. The molecular formula is C19H23NO2. The molecule has 0 bridgehead atoms. The number of carbonyl (C=O) groups is 1. The van der Waals surface area contributed by atoms with E-state index in [1.807, 2.05) is 74.5 Å². The van der Waals surface area contributed by atoms with Gasteiger partial charge >= 0.3 is 0 Å². The van der Waals surface area contributed by atoms with Crippen LogP contribution in [0.25, 0.3) is 0 Å². The third-order valence-electron chi connectivity index (χ3n) is 4.20. The summed E-state index contributed by atoms with van der Waals surface area (Å²) >= 11 is 0. The molecule has 3 nitrogen and oxygen atoms in total. The molecule has 3 heteroatoms. The molecule has 0 spiro atoms. The van der Waals surface area contributed by atoms with Gasteiger partial charge in [0.2, 0.25) is 5.91 Å². The average Bonchev–Trinajstić information content (AvgIpc) is 2.60. The molecule has 0 saturated carbocycles. The molecule has 0 radical (unpaired) electrons. The molecule has 0 fully saturated rings. The van der Waals surface area contributed by atoms with Gasteiger partial charge in [0.15, 0.2) is 0 Å². The van der Waals surface area contributed by atoms with Gasteiger partial charge < -0.3 is 10.4 Å². The van der Waals surface area contributed by atoms with Crippen molar-refractivity contribution >= 4 is 5.91 Å². The van der Waals surface area contributed by atoms with Gasteiger partial charge in [-0.15, -0.1) is 0 Å². The fourth-order valence-corrected chi connectivity index (χ4v) is 2.58. The highest BCUT2D eigenvalue weighted by Crippen LogP contribution is 2.32. The van der Waals surface area contributed by atoms with Crippen molar-refractivity contribution in [2.75, 3.05) is 6.61 Å². The summed E-state index contributed by atoms with van der Waals surface area (Å²) in [5, 5.41) is 12.3. The fourth-order valence-electron chi connectivity index (χ4n) is 2.58. The first-order chi connectivity index (χ1) is 10.6. The fraction of sp³-hybridized carbons (Fsp3) is 0.316. The number of aliphatic hydroxyl groups is 1. The van der Waals surface area contributed by atoms with Crippen molar-refractivity contribution in [3.8, 4) is 0 Å². The predicted octanol–water partition coefficient (Wildman–Crippen LogP) is 2.88. The maximum Gasteiger partial charge on any atom is 0.235 e. The Morgan fingerprint density at radius 3 is 1.86 bits per heavy atom. The summed E-state index contributed by atoms with van der Waals surface area (Å²) in [5.41, 5.74) is 1.09. The van der Waals surface area contributed by atoms with Crippen LogP contribution in [0.5, 0.6) is 0 Å². The summed E-state index contributed by atoms with van der Waals surface area (Å²) in [7, 11) is 0. The minimum absolute atomic E-state index is 0.0537. The molecule has 0 saturated heterocycles. The molecule has 2 aromatic carbocycles. The summed E-state index contributed by atoms with van der Waals surface area (Å²) in [6, 6.07) is 19.3. The molecule has 22 heavy (non-hydrogen) atoms. The molecule has 116 valence electrons. The van der Waals surface area contributed by atoms with Crippen LogP contribution < -0.4 is 5.32 Å². The second kappa shape index (κ2) is 7.23. The second-order valence-electron chi connectivity index (χ2n) is 5.62. The van der Waals surface area contributed by atoms with Gasteiger partial charge in [-0.2, -0.15) is 0 Å². The molecule has 0 aliphatic heterocycles. The molecule has 1 amide bonds. The molecule has 0 aliphatic carbocycles. The highest BCUT2D eigenvalue weighted by molar-refractivity contribution is 5.91. The monoisotopic (exact) mass is 297 g/mol. The van der Waals surface area contributed by atoms with Crippen LogP contribution in [0.3, 0.4) is 0 Å². The lowest BCUT2D eigenvalue weighted by molar-refractivity contribution is -0.125. The van der Waals surface area contributed by atoms with Crippen LogP contribution in [0.15, 0.2) is 60.7 Å². The Morgan fingerprint density at radius 2 is 1.50 bits per heavy atom. The Labute approximate surface area is 132 Å². The SMILES string of the molecule is CCC(CO)NC(=O)C(C)(c1ccccc1)c1ccccc1. The number of benzene rings is 2. The number of amides is 1. The van der Waals surface area contributed by atoms with Crippen LogP contribution in [0.1, 0.15) is 31.4 Å². The van der Waals surface area contributed by atoms with Gasteiger partial charge in [0.05, 0.1) is 18.1 Å². The Morgan fingerprint density at radius 1 is 1.05 bits per heavy atom. The zero-order valence-electron chi connectivity index (χ0n) is 13.1. The van der Waals surface area contributed by atoms with E-state index in [0.29, 0.717) is 6.42 Å². The molecule has 0 aliphatic rings. The summed E-state index contributed by atoms with van der Waals surface area (Å²) in [5.74, 6) is -0.0919. The molecule has 2 N–H and O–H groups in total. The van der Waals surface area contributed by atoms with E-state index >= 15 is 0 Å². The average molecular weight is 297 g/mol. The lowest BCUT2D eigenvalue weighted by atomic mass is 9.75. The summed E-state index contributed by atoms with van der Waals surface area (Å²) < 4.78 is 0. The van der Waals surface area contributed by atoms with Gasteiger partial charge in [-0.25, -0.2) is 0 Å². The van der Waals surface area contributed by atoms with Crippen molar-refractivity contribution in [3.05, 3.63) is 71.8 Å². The van der Waals surface area contributed by atoms with Crippen LogP contribution in [0, 0.1) is 0 Å². The first-order valence-corrected chi connectivity index (χ1v) is 7.65. The maximum atomic E-state index is 13.0. The number of hydrogen-bond donors (Lipinski definition) is 2. The van der Waals surface area contributed by atoms with Gasteiger partial charge in [0, 0.05) is 0 Å². The number of aliphatic hydroxyl groups excluding tert-OH is 1. The van der Waals surface area contributed by atoms with Crippen molar-refractivity contribution in [3.63, 3.8) is 0 Å². The van der Waals surface area contributed by atoms with Crippen LogP contribution in [0.2, 0.25) is 0 Å².